The molecule has 25 heavy (non-hydrogen) atoms. The molecule has 1 saturated heterocycles. The van der Waals surface area contributed by atoms with Gasteiger partial charge in [0.05, 0.1) is 12.2 Å². The van der Waals surface area contributed by atoms with Gasteiger partial charge in [0, 0.05) is 12.6 Å². The van der Waals surface area contributed by atoms with Crippen molar-refractivity contribution in [3.63, 3.8) is 0 Å². The second kappa shape index (κ2) is 7.96. The molecule has 3 rings (SSSR count). The van der Waals surface area contributed by atoms with Crippen LogP contribution in [0, 0.1) is 13.8 Å². The van der Waals surface area contributed by atoms with Gasteiger partial charge < -0.3 is 14.4 Å². The summed E-state index contributed by atoms with van der Waals surface area (Å²) in [5.74, 6) is 1.23. The normalized spacial score (nSPS) is 17.2. The molecule has 1 unspecified atom stereocenters. The number of rotatable bonds is 5. The molecule has 0 radical (unpaired) electrons. The number of piperidine rings is 1. The molecule has 132 valence electrons. The van der Waals surface area contributed by atoms with Crippen molar-refractivity contribution in [2.45, 2.75) is 32.8 Å². The lowest BCUT2D eigenvalue weighted by Gasteiger charge is -2.32. The number of benzene rings is 1. The van der Waals surface area contributed by atoms with E-state index < -0.39 is 0 Å². The van der Waals surface area contributed by atoms with Crippen LogP contribution in [0.2, 0.25) is 0 Å². The molecule has 6 heteroatoms. The summed E-state index contributed by atoms with van der Waals surface area (Å²) in [6.07, 6.45) is 1.74. The molecule has 1 amide bonds. The average molecular weight is 341 g/mol. The maximum Gasteiger partial charge on any atom is 0.260 e. The van der Waals surface area contributed by atoms with Gasteiger partial charge in [0.2, 0.25) is 5.88 Å². The first kappa shape index (κ1) is 17.2. The second-order valence-corrected chi connectivity index (χ2v) is 6.29. The zero-order valence-corrected chi connectivity index (χ0v) is 14.6. The topological polar surface area (TPSA) is 64.5 Å². The van der Waals surface area contributed by atoms with E-state index in [1.807, 2.05) is 50.2 Å². The van der Waals surface area contributed by atoms with E-state index in [1.54, 1.807) is 4.90 Å². The maximum absolute atomic E-state index is 12.4. The molecule has 1 aromatic heterocycles. The summed E-state index contributed by atoms with van der Waals surface area (Å²) in [4.78, 5) is 14.2. The minimum atomic E-state index is -0.0619. The molecule has 0 N–H and O–H groups in total. The van der Waals surface area contributed by atoms with Gasteiger partial charge in [-0.15, -0.1) is 5.10 Å². The fourth-order valence-electron chi connectivity index (χ4n) is 2.83. The van der Waals surface area contributed by atoms with Crippen LogP contribution in [0.1, 0.15) is 24.1 Å². The third-order valence-electron chi connectivity index (χ3n) is 4.24. The average Bonchev–Trinajstić information content (AvgIpc) is 2.63. The van der Waals surface area contributed by atoms with E-state index in [0.717, 1.165) is 36.4 Å². The number of ether oxygens (including phenoxy) is 2. The third-order valence-corrected chi connectivity index (χ3v) is 4.24. The summed E-state index contributed by atoms with van der Waals surface area (Å²) in [5.41, 5.74) is 1.87. The van der Waals surface area contributed by atoms with Crippen LogP contribution in [0.4, 0.5) is 0 Å². The molecule has 1 aliphatic rings. The number of hydrogen-bond donors (Lipinski definition) is 0. The van der Waals surface area contributed by atoms with Crippen molar-refractivity contribution in [3.8, 4) is 11.6 Å². The van der Waals surface area contributed by atoms with E-state index in [0.29, 0.717) is 12.4 Å². The van der Waals surface area contributed by atoms with E-state index in [4.69, 9.17) is 9.47 Å². The van der Waals surface area contributed by atoms with Gasteiger partial charge in [0.25, 0.3) is 5.91 Å². The Labute approximate surface area is 147 Å². The van der Waals surface area contributed by atoms with Gasteiger partial charge in [-0.1, -0.05) is 18.2 Å². The Morgan fingerprint density at radius 2 is 2.04 bits per heavy atom. The van der Waals surface area contributed by atoms with Crippen molar-refractivity contribution >= 4 is 5.91 Å². The van der Waals surface area contributed by atoms with E-state index in [9.17, 15) is 4.79 Å². The van der Waals surface area contributed by atoms with Crippen molar-refractivity contribution in [1.82, 2.24) is 15.1 Å². The quantitative estimate of drug-likeness (QED) is 0.836. The highest BCUT2D eigenvalue weighted by Crippen LogP contribution is 2.18. The molecule has 1 aromatic carbocycles. The van der Waals surface area contributed by atoms with Gasteiger partial charge in [0.1, 0.15) is 11.9 Å². The van der Waals surface area contributed by atoms with E-state index >= 15 is 0 Å². The number of amides is 1. The van der Waals surface area contributed by atoms with Crippen LogP contribution in [0.3, 0.4) is 0 Å². The molecule has 0 saturated carbocycles. The summed E-state index contributed by atoms with van der Waals surface area (Å²) in [6, 6.07) is 11.4. The predicted octanol–water partition coefficient (Wildman–Crippen LogP) is 2.54. The largest absolute Gasteiger partial charge is 0.484 e. The summed E-state index contributed by atoms with van der Waals surface area (Å²) in [6.45, 7) is 5.17. The van der Waals surface area contributed by atoms with Crippen molar-refractivity contribution in [2.75, 3.05) is 19.7 Å². The van der Waals surface area contributed by atoms with Gasteiger partial charge >= 0.3 is 0 Å². The molecular formula is C19H23N3O3. The van der Waals surface area contributed by atoms with Crippen LogP contribution in [-0.4, -0.2) is 46.8 Å². The molecule has 0 aliphatic carbocycles. The van der Waals surface area contributed by atoms with Crippen LogP contribution in [0.15, 0.2) is 36.4 Å². The lowest BCUT2D eigenvalue weighted by molar-refractivity contribution is -0.136. The first-order valence-electron chi connectivity index (χ1n) is 8.55. The van der Waals surface area contributed by atoms with Crippen molar-refractivity contribution in [3.05, 3.63) is 47.7 Å². The Hall–Kier alpha value is -2.63. The van der Waals surface area contributed by atoms with E-state index in [1.165, 1.54) is 0 Å². The Morgan fingerprint density at radius 3 is 2.80 bits per heavy atom. The zero-order chi connectivity index (χ0) is 17.6. The van der Waals surface area contributed by atoms with Crippen LogP contribution >= 0.6 is 0 Å². The summed E-state index contributed by atoms with van der Waals surface area (Å²) in [5, 5.41) is 8.02. The molecule has 2 heterocycles. The van der Waals surface area contributed by atoms with Crippen LogP contribution in [0.5, 0.6) is 11.6 Å². The lowest BCUT2D eigenvalue weighted by atomic mass is 10.1. The number of carbonyl (C=O) groups excluding carboxylic acids is 1. The molecule has 0 spiro atoms. The fraction of sp³-hybridized carbons (Fsp3) is 0.421. The number of aromatic nitrogens is 2. The Kier molecular flexibility index (Phi) is 5.48. The first-order chi connectivity index (χ1) is 12.1. The van der Waals surface area contributed by atoms with Gasteiger partial charge in [-0.3, -0.25) is 4.79 Å². The number of carbonyl (C=O) groups is 1. The van der Waals surface area contributed by atoms with Crippen LogP contribution in [0.25, 0.3) is 0 Å². The van der Waals surface area contributed by atoms with E-state index in [-0.39, 0.29) is 18.6 Å². The molecule has 0 bridgehead atoms. The summed E-state index contributed by atoms with van der Waals surface area (Å²) >= 11 is 0. The fourth-order valence-corrected chi connectivity index (χ4v) is 2.83. The lowest BCUT2D eigenvalue weighted by Crippen LogP contribution is -2.46. The van der Waals surface area contributed by atoms with Gasteiger partial charge in [0.15, 0.2) is 6.61 Å². The Balaban J connectivity index is 1.52. The second-order valence-electron chi connectivity index (χ2n) is 6.29. The number of para-hydroxylation sites is 1. The summed E-state index contributed by atoms with van der Waals surface area (Å²) < 4.78 is 11.5. The van der Waals surface area contributed by atoms with Gasteiger partial charge in [-0.25, -0.2) is 0 Å². The van der Waals surface area contributed by atoms with E-state index in [2.05, 4.69) is 10.2 Å². The van der Waals surface area contributed by atoms with Crippen LogP contribution < -0.4 is 9.47 Å². The highest BCUT2D eigenvalue weighted by Gasteiger charge is 2.25. The maximum atomic E-state index is 12.4. The number of nitrogens with zero attached hydrogens (tertiary/aromatic N) is 3. The Morgan fingerprint density at radius 1 is 1.20 bits per heavy atom. The third kappa shape index (κ3) is 4.68. The molecule has 1 fully saturated rings. The standard InChI is InChI=1S/C19H23N3O3/c1-14-6-3-4-8-17(14)24-13-19(23)22-11-5-7-16(12-22)25-18-10-9-15(2)20-21-18/h3-4,6,8-10,16H,5,7,11-13H2,1-2H3. The number of hydrogen-bond acceptors (Lipinski definition) is 5. The van der Waals surface area contributed by atoms with Crippen LogP contribution in [-0.2, 0) is 4.79 Å². The van der Waals surface area contributed by atoms with Gasteiger partial charge in [-0.05, 0) is 44.4 Å². The number of likely N-dealkylation sites (tertiary alicyclic amines) is 1. The highest BCUT2D eigenvalue weighted by atomic mass is 16.5. The van der Waals surface area contributed by atoms with Crippen molar-refractivity contribution < 1.29 is 14.3 Å². The molecular weight excluding hydrogens is 318 g/mol. The zero-order valence-electron chi connectivity index (χ0n) is 14.6. The highest BCUT2D eigenvalue weighted by molar-refractivity contribution is 5.78. The minimum Gasteiger partial charge on any atom is -0.484 e. The first-order valence-corrected chi connectivity index (χ1v) is 8.55. The summed E-state index contributed by atoms with van der Waals surface area (Å²) in [7, 11) is 0. The molecule has 2 aromatic rings. The molecule has 1 atom stereocenters. The Bertz CT molecular complexity index is 718. The van der Waals surface area contributed by atoms with Gasteiger partial charge in [-0.2, -0.15) is 5.10 Å². The van der Waals surface area contributed by atoms with Crippen molar-refractivity contribution in [1.29, 1.82) is 0 Å². The minimum absolute atomic E-state index is 0.0217. The SMILES string of the molecule is Cc1ccc(OC2CCCN(C(=O)COc3ccccc3C)C2)nn1. The number of aryl methyl sites for hydroxylation is 2. The molecule has 1 aliphatic heterocycles. The molecule has 6 nitrogen and oxygen atoms in total. The monoisotopic (exact) mass is 341 g/mol. The van der Waals surface area contributed by atoms with Crippen molar-refractivity contribution in [2.24, 2.45) is 0 Å². The smallest absolute Gasteiger partial charge is 0.260 e. The predicted molar refractivity (Wildman–Crippen MR) is 93.7 cm³/mol.